The molecule has 0 spiro atoms. The maximum atomic E-state index is 5.11. The van der Waals surface area contributed by atoms with E-state index >= 15 is 0 Å². The molecule has 1 aliphatic heterocycles. The molecule has 0 N–H and O–H groups in total. The van der Waals surface area contributed by atoms with Crippen LogP contribution < -0.4 is 0 Å². The van der Waals surface area contributed by atoms with Gasteiger partial charge in [-0.05, 0) is 6.92 Å². The van der Waals surface area contributed by atoms with Crippen molar-refractivity contribution in [2.75, 3.05) is 6.54 Å². The molecule has 0 bridgehead atoms. The molecule has 0 radical (unpaired) electrons. The minimum atomic E-state index is 0.319. The van der Waals surface area contributed by atoms with Gasteiger partial charge in [0.25, 0.3) is 0 Å². The van der Waals surface area contributed by atoms with Crippen LogP contribution in [0.5, 0.6) is 0 Å². The lowest BCUT2D eigenvalue weighted by Gasteiger charge is -1.98. The van der Waals surface area contributed by atoms with E-state index in [0.29, 0.717) is 6.10 Å². The second kappa shape index (κ2) is 4.36. The predicted molar refractivity (Wildman–Crippen MR) is 39.9 cm³/mol. The molecule has 54 valence electrons. The topological polar surface area (TPSA) is 21.6 Å². The van der Waals surface area contributed by atoms with E-state index in [2.05, 4.69) is 4.99 Å². The summed E-state index contributed by atoms with van der Waals surface area (Å²) in [4.78, 5) is 4.01. The van der Waals surface area contributed by atoms with Crippen molar-refractivity contribution in [2.24, 2.45) is 4.99 Å². The van der Waals surface area contributed by atoms with E-state index in [0.717, 1.165) is 12.4 Å². The van der Waals surface area contributed by atoms with E-state index in [1.165, 1.54) is 0 Å². The fourth-order valence-corrected chi connectivity index (χ4v) is 0.623. The van der Waals surface area contributed by atoms with Crippen LogP contribution in [0.25, 0.3) is 0 Å². The summed E-state index contributed by atoms with van der Waals surface area (Å²) in [5.74, 6) is 0.826. The summed E-state index contributed by atoms with van der Waals surface area (Å²) in [6.45, 7) is 8.73. The molecule has 1 atom stereocenters. The Kier molecular flexibility index (Phi) is 4.10. The van der Waals surface area contributed by atoms with E-state index in [1.54, 1.807) is 0 Å². The zero-order chi connectivity index (χ0) is 7.28. The molecule has 9 heavy (non-hydrogen) atoms. The van der Waals surface area contributed by atoms with Gasteiger partial charge in [-0.3, -0.25) is 4.99 Å². The van der Waals surface area contributed by atoms with Crippen molar-refractivity contribution in [3.63, 3.8) is 0 Å². The predicted octanol–water partition coefficient (Wildman–Crippen LogP) is 1.85. The fourth-order valence-electron chi connectivity index (χ4n) is 0.623. The summed E-state index contributed by atoms with van der Waals surface area (Å²) >= 11 is 0. The fraction of sp³-hybridized carbons (Fsp3) is 0.857. The summed E-state index contributed by atoms with van der Waals surface area (Å²) in [6, 6.07) is 0. The van der Waals surface area contributed by atoms with Gasteiger partial charge in [0.05, 0.1) is 6.54 Å². The van der Waals surface area contributed by atoms with E-state index in [9.17, 15) is 0 Å². The second-order valence-electron chi connectivity index (χ2n) is 1.79. The van der Waals surface area contributed by atoms with Crippen molar-refractivity contribution in [2.45, 2.75) is 33.8 Å². The molecule has 0 saturated heterocycles. The molecule has 0 aliphatic carbocycles. The molecule has 2 nitrogen and oxygen atoms in total. The van der Waals surface area contributed by atoms with E-state index in [-0.39, 0.29) is 0 Å². The maximum absolute atomic E-state index is 5.11. The maximum Gasteiger partial charge on any atom is 0.180 e. The van der Waals surface area contributed by atoms with Crippen LogP contribution in [0.1, 0.15) is 27.7 Å². The molecule has 1 unspecified atom stereocenters. The number of hydrogen-bond acceptors (Lipinski definition) is 2. The van der Waals surface area contributed by atoms with Crippen molar-refractivity contribution < 1.29 is 4.74 Å². The SMILES string of the molecule is CC.CC1=NCC(C)O1. The molecule has 1 rings (SSSR count). The molecule has 1 heterocycles. The smallest absolute Gasteiger partial charge is 0.180 e. The van der Waals surface area contributed by atoms with E-state index in [4.69, 9.17) is 4.74 Å². The van der Waals surface area contributed by atoms with Crippen LogP contribution in [0.2, 0.25) is 0 Å². The molecule has 0 fully saturated rings. The van der Waals surface area contributed by atoms with Crippen LogP contribution in [0.15, 0.2) is 4.99 Å². The van der Waals surface area contributed by atoms with Gasteiger partial charge in [-0.25, -0.2) is 0 Å². The van der Waals surface area contributed by atoms with Crippen molar-refractivity contribution in [1.82, 2.24) is 0 Å². The minimum absolute atomic E-state index is 0.319. The van der Waals surface area contributed by atoms with Gasteiger partial charge in [0.1, 0.15) is 6.10 Å². The normalized spacial score (nSPS) is 23.6. The Bertz CT molecular complexity index is 99.1. The van der Waals surface area contributed by atoms with Crippen LogP contribution in [0.3, 0.4) is 0 Å². The zero-order valence-electron chi connectivity index (χ0n) is 6.64. The number of aliphatic imine (C=N–C) groups is 1. The molecule has 0 aromatic carbocycles. The minimum Gasteiger partial charge on any atom is -0.476 e. The first-order valence-corrected chi connectivity index (χ1v) is 3.47. The number of nitrogens with zero attached hydrogens (tertiary/aromatic N) is 1. The van der Waals surface area contributed by atoms with Gasteiger partial charge >= 0.3 is 0 Å². The third kappa shape index (κ3) is 3.12. The molecule has 0 aromatic rings. The Morgan fingerprint density at radius 1 is 1.56 bits per heavy atom. The van der Waals surface area contributed by atoms with Gasteiger partial charge < -0.3 is 4.74 Å². The first kappa shape index (κ1) is 8.47. The lowest BCUT2D eigenvalue weighted by atomic mass is 10.4. The Labute approximate surface area is 56.9 Å². The lowest BCUT2D eigenvalue weighted by Crippen LogP contribution is -2.04. The Balaban J connectivity index is 0.000000291. The van der Waals surface area contributed by atoms with E-state index < -0.39 is 0 Å². The van der Waals surface area contributed by atoms with Crippen molar-refractivity contribution in [3.05, 3.63) is 0 Å². The summed E-state index contributed by atoms with van der Waals surface area (Å²) in [6.07, 6.45) is 0.319. The Morgan fingerprint density at radius 3 is 2.22 bits per heavy atom. The number of ether oxygens (including phenoxy) is 1. The van der Waals surface area contributed by atoms with Crippen LogP contribution >= 0.6 is 0 Å². The van der Waals surface area contributed by atoms with Gasteiger partial charge in [0.15, 0.2) is 5.90 Å². The van der Waals surface area contributed by atoms with Crippen LogP contribution in [-0.4, -0.2) is 18.5 Å². The molecule has 0 aromatic heterocycles. The average Bonchev–Trinajstić information content (AvgIpc) is 2.20. The van der Waals surface area contributed by atoms with Crippen LogP contribution in [-0.2, 0) is 4.74 Å². The largest absolute Gasteiger partial charge is 0.476 e. The van der Waals surface area contributed by atoms with Crippen molar-refractivity contribution in [1.29, 1.82) is 0 Å². The van der Waals surface area contributed by atoms with Crippen LogP contribution in [0, 0.1) is 0 Å². The molecular formula is C7H15NO. The van der Waals surface area contributed by atoms with Gasteiger partial charge in [0.2, 0.25) is 0 Å². The molecule has 1 aliphatic rings. The number of rotatable bonds is 0. The Hall–Kier alpha value is -0.530. The third-order valence-electron chi connectivity index (χ3n) is 0.943. The molecule has 0 amide bonds. The van der Waals surface area contributed by atoms with Gasteiger partial charge in [0, 0.05) is 6.92 Å². The molecule has 0 saturated carbocycles. The quantitative estimate of drug-likeness (QED) is 0.489. The highest BCUT2D eigenvalue weighted by atomic mass is 16.5. The standard InChI is InChI=1S/C5H9NO.C2H6/c1-4-3-6-5(2)7-4;1-2/h4H,3H2,1-2H3;1-2H3. The third-order valence-corrected chi connectivity index (χ3v) is 0.943. The van der Waals surface area contributed by atoms with Gasteiger partial charge in [-0.15, -0.1) is 0 Å². The summed E-state index contributed by atoms with van der Waals surface area (Å²) in [5, 5.41) is 0. The summed E-state index contributed by atoms with van der Waals surface area (Å²) in [5.41, 5.74) is 0. The monoisotopic (exact) mass is 129 g/mol. The summed E-state index contributed by atoms with van der Waals surface area (Å²) in [7, 11) is 0. The van der Waals surface area contributed by atoms with Crippen molar-refractivity contribution in [3.8, 4) is 0 Å². The van der Waals surface area contributed by atoms with Crippen molar-refractivity contribution >= 4 is 5.90 Å². The zero-order valence-corrected chi connectivity index (χ0v) is 6.64. The molecule has 2 heteroatoms. The Morgan fingerprint density at radius 2 is 2.11 bits per heavy atom. The lowest BCUT2D eigenvalue weighted by molar-refractivity contribution is 0.244. The van der Waals surface area contributed by atoms with E-state index in [1.807, 2.05) is 27.7 Å². The van der Waals surface area contributed by atoms with Gasteiger partial charge in [-0.1, -0.05) is 13.8 Å². The van der Waals surface area contributed by atoms with Gasteiger partial charge in [-0.2, -0.15) is 0 Å². The average molecular weight is 129 g/mol. The molecular weight excluding hydrogens is 114 g/mol. The second-order valence-corrected chi connectivity index (χ2v) is 1.79. The first-order chi connectivity index (χ1) is 4.29. The van der Waals surface area contributed by atoms with Crippen LogP contribution in [0.4, 0.5) is 0 Å². The highest BCUT2D eigenvalue weighted by molar-refractivity contribution is 5.74. The summed E-state index contributed by atoms with van der Waals surface area (Å²) < 4.78 is 5.11. The highest BCUT2D eigenvalue weighted by Gasteiger charge is 2.08. The first-order valence-electron chi connectivity index (χ1n) is 3.47. The highest BCUT2D eigenvalue weighted by Crippen LogP contribution is 2.00. The number of hydrogen-bond donors (Lipinski definition) is 0.